The topological polar surface area (TPSA) is 119 Å². The molecule has 1 aromatic rings. The second kappa shape index (κ2) is 9.24. The highest BCUT2D eigenvalue weighted by Crippen LogP contribution is 2.41. The lowest BCUT2D eigenvalue weighted by Gasteiger charge is -2.36. The lowest BCUT2D eigenvalue weighted by atomic mass is 9.71. The third-order valence-electron chi connectivity index (χ3n) is 7.07. The van der Waals surface area contributed by atoms with Crippen molar-refractivity contribution in [3.05, 3.63) is 23.2 Å². The van der Waals surface area contributed by atoms with Gasteiger partial charge in [-0.05, 0) is 62.7 Å². The van der Waals surface area contributed by atoms with Crippen LogP contribution >= 0.6 is 0 Å². The zero-order valence-electron chi connectivity index (χ0n) is 18.2. The molecule has 8 nitrogen and oxygen atoms in total. The van der Waals surface area contributed by atoms with Crippen molar-refractivity contribution >= 4 is 17.7 Å². The molecule has 1 unspecified atom stereocenters. The number of nitrogen functional groups attached to an aromatic ring is 1. The summed E-state index contributed by atoms with van der Waals surface area (Å²) < 4.78 is 5.75. The summed E-state index contributed by atoms with van der Waals surface area (Å²) in [6, 6.07) is 0. The maximum Gasteiger partial charge on any atom is 0.303 e. The molecule has 3 aliphatic rings. The molecule has 1 amide bonds. The Morgan fingerprint density at radius 2 is 2.00 bits per heavy atom. The van der Waals surface area contributed by atoms with Crippen molar-refractivity contribution in [1.82, 2.24) is 14.9 Å². The minimum atomic E-state index is -0.682. The van der Waals surface area contributed by atoms with Crippen LogP contribution in [-0.4, -0.2) is 45.0 Å². The number of hydrogen-bond acceptors (Lipinski definition) is 6. The van der Waals surface area contributed by atoms with Crippen molar-refractivity contribution in [2.45, 2.75) is 64.7 Å². The lowest BCUT2D eigenvalue weighted by Crippen LogP contribution is -2.34. The van der Waals surface area contributed by atoms with Crippen molar-refractivity contribution in [1.29, 1.82) is 0 Å². The van der Waals surface area contributed by atoms with Crippen LogP contribution in [0.15, 0.2) is 11.8 Å². The molecule has 1 aromatic heterocycles. The molecule has 31 heavy (non-hydrogen) atoms. The minimum Gasteiger partial charge on any atom is -0.481 e. The summed E-state index contributed by atoms with van der Waals surface area (Å²) in [5, 5.41) is 9.01. The van der Waals surface area contributed by atoms with Gasteiger partial charge in [0.2, 0.25) is 5.88 Å². The van der Waals surface area contributed by atoms with Crippen LogP contribution < -0.4 is 10.5 Å². The smallest absolute Gasteiger partial charge is 0.303 e. The number of allylic oxidation sites excluding steroid dienone is 2. The van der Waals surface area contributed by atoms with Crippen LogP contribution in [0.25, 0.3) is 0 Å². The number of aryl methyl sites for hydroxylation is 1. The Hall–Kier alpha value is -2.64. The molecule has 2 heterocycles. The molecule has 3 N–H and O–H groups in total. The van der Waals surface area contributed by atoms with Crippen molar-refractivity contribution in [3.63, 3.8) is 0 Å². The Balaban J connectivity index is 1.41. The lowest BCUT2D eigenvalue weighted by molar-refractivity contribution is -0.138. The molecule has 2 aliphatic carbocycles. The van der Waals surface area contributed by atoms with Crippen molar-refractivity contribution in [3.8, 4) is 5.88 Å². The van der Waals surface area contributed by atoms with E-state index in [4.69, 9.17) is 15.6 Å². The third kappa shape index (κ3) is 4.67. The van der Waals surface area contributed by atoms with Gasteiger partial charge in [0.05, 0.1) is 6.54 Å². The first kappa shape index (κ1) is 21.6. The number of fused-ring (bicyclic) bond motifs is 1. The monoisotopic (exact) mass is 428 g/mol. The zero-order valence-corrected chi connectivity index (χ0v) is 18.2. The molecule has 0 spiro atoms. The minimum absolute atomic E-state index is 0.175. The summed E-state index contributed by atoms with van der Waals surface area (Å²) in [5.74, 6) is 1.80. The fraction of sp³-hybridized carbons (Fsp3) is 0.652. The Kier molecular flexibility index (Phi) is 6.43. The predicted molar refractivity (Wildman–Crippen MR) is 115 cm³/mol. The van der Waals surface area contributed by atoms with Gasteiger partial charge in [-0.15, -0.1) is 0 Å². The van der Waals surface area contributed by atoms with E-state index in [2.05, 4.69) is 16.0 Å². The number of anilines is 1. The number of carbonyl (C=O) groups excluding carboxylic acids is 1. The highest BCUT2D eigenvalue weighted by atomic mass is 16.5. The predicted octanol–water partition coefficient (Wildman–Crippen LogP) is 3.42. The summed E-state index contributed by atoms with van der Waals surface area (Å²) in [6.07, 6.45) is 10.3. The molecular formula is C23H32N4O4. The molecule has 4 rings (SSSR count). The number of ether oxygens (including phenoxy) is 1. The van der Waals surface area contributed by atoms with Crippen LogP contribution in [0, 0.1) is 17.8 Å². The molecule has 0 radical (unpaired) electrons. The van der Waals surface area contributed by atoms with Crippen molar-refractivity contribution in [2.75, 3.05) is 18.9 Å². The van der Waals surface area contributed by atoms with Crippen LogP contribution in [0.4, 0.5) is 5.82 Å². The van der Waals surface area contributed by atoms with Crippen LogP contribution in [0.5, 0.6) is 5.88 Å². The number of nitrogens with zero attached hydrogens (tertiary/aromatic N) is 3. The van der Waals surface area contributed by atoms with Gasteiger partial charge in [0, 0.05) is 18.5 Å². The SMILES string of the molecule is CCc1nc(N)c2c(n1)OCCN(C1=CCC(C3CCC(CC(=O)O)CC3)CC1)C2=O. The number of aliphatic carboxylic acids is 1. The van der Waals surface area contributed by atoms with Gasteiger partial charge >= 0.3 is 5.97 Å². The highest BCUT2D eigenvalue weighted by molar-refractivity contribution is 6.01. The number of hydrogen-bond donors (Lipinski definition) is 2. The van der Waals surface area contributed by atoms with E-state index in [1.54, 1.807) is 4.90 Å². The van der Waals surface area contributed by atoms with Gasteiger partial charge in [-0.2, -0.15) is 4.98 Å². The highest BCUT2D eigenvalue weighted by Gasteiger charge is 2.34. The van der Waals surface area contributed by atoms with Gasteiger partial charge in [0.1, 0.15) is 23.8 Å². The molecular weight excluding hydrogens is 396 g/mol. The van der Waals surface area contributed by atoms with E-state index >= 15 is 0 Å². The normalized spacial score (nSPS) is 26.5. The van der Waals surface area contributed by atoms with Gasteiger partial charge in [-0.1, -0.05) is 13.0 Å². The number of rotatable bonds is 5. The Labute approximate surface area is 182 Å². The molecule has 0 bridgehead atoms. The summed E-state index contributed by atoms with van der Waals surface area (Å²) in [7, 11) is 0. The largest absolute Gasteiger partial charge is 0.481 e. The van der Waals surface area contributed by atoms with Crippen LogP contribution in [-0.2, 0) is 11.2 Å². The van der Waals surface area contributed by atoms with Gasteiger partial charge in [0.15, 0.2) is 0 Å². The number of amides is 1. The van der Waals surface area contributed by atoms with E-state index in [0.29, 0.717) is 55.5 Å². The number of nitrogens with two attached hydrogens (primary N) is 1. The van der Waals surface area contributed by atoms with E-state index in [1.165, 1.54) is 0 Å². The maximum atomic E-state index is 13.3. The molecule has 1 saturated carbocycles. The molecule has 168 valence electrons. The number of carboxylic acid groups (broad SMARTS) is 1. The van der Waals surface area contributed by atoms with Crippen LogP contribution in [0.3, 0.4) is 0 Å². The Morgan fingerprint density at radius 1 is 1.23 bits per heavy atom. The van der Waals surface area contributed by atoms with Crippen LogP contribution in [0.2, 0.25) is 0 Å². The fourth-order valence-electron chi connectivity index (χ4n) is 5.33. The summed E-state index contributed by atoms with van der Waals surface area (Å²) in [4.78, 5) is 34.6. The van der Waals surface area contributed by atoms with E-state index in [-0.39, 0.29) is 17.3 Å². The third-order valence-corrected chi connectivity index (χ3v) is 7.07. The Bertz CT molecular complexity index is 877. The summed E-state index contributed by atoms with van der Waals surface area (Å²) in [5.41, 5.74) is 7.41. The van der Waals surface area contributed by atoms with Gasteiger partial charge in [-0.25, -0.2) is 4.98 Å². The van der Waals surface area contributed by atoms with Gasteiger partial charge in [0.25, 0.3) is 5.91 Å². The van der Waals surface area contributed by atoms with Crippen molar-refractivity contribution < 1.29 is 19.4 Å². The number of carboxylic acids is 1. The summed E-state index contributed by atoms with van der Waals surface area (Å²) >= 11 is 0. The summed E-state index contributed by atoms with van der Waals surface area (Å²) in [6.45, 7) is 2.80. The first-order valence-electron chi connectivity index (χ1n) is 11.5. The first-order chi connectivity index (χ1) is 15.0. The van der Waals surface area contributed by atoms with Crippen LogP contribution in [0.1, 0.15) is 74.5 Å². The second-order valence-electron chi connectivity index (χ2n) is 8.97. The molecule has 0 aromatic carbocycles. The molecule has 8 heteroatoms. The quantitative estimate of drug-likeness (QED) is 0.737. The first-order valence-corrected chi connectivity index (χ1v) is 11.5. The van der Waals surface area contributed by atoms with E-state index in [1.807, 2.05) is 6.92 Å². The second-order valence-corrected chi connectivity index (χ2v) is 8.97. The van der Waals surface area contributed by atoms with E-state index < -0.39 is 5.97 Å². The van der Waals surface area contributed by atoms with E-state index in [9.17, 15) is 9.59 Å². The molecule has 1 atom stereocenters. The standard InChI is InChI=1S/C23H32N4O4/c1-2-18-25-21(24)20-22(26-18)31-12-11-27(23(20)30)17-9-7-16(8-10-17)15-5-3-14(4-6-15)13-19(28)29/h9,14-16H,2-8,10-13H2,1H3,(H,28,29)(H2,24,25,26). The average molecular weight is 429 g/mol. The number of aromatic nitrogens is 2. The van der Waals surface area contributed by atoms with Gasteiger partial charge < -0.3 is 20.5 Å². The molecule has 1 fully saturated rings. The average Bonchev–Trinajstić information content (AvgIpc) is 2.93. The maximum absolute atomic E-state index is 13.3. The van der Waals surface area contributed by atoms with Gasteiger partial charge in [-0.3, -0.25) is 9.59 Å². The molecule has 0 saturated heterocycles. The van der Waals surface area contributed by atoms with Crippen molar-refractivity contribution in [2.24, 2.45) is 17.8 Å². The van der Waals surface area contributed by atoms with E-state index in [0.717, 1.165) is 50.6 Å². The zero-order chi connectivity index (χ0) is 22.0. The Morgan fingerprint density at radius 3 is 2.65 bits per heavy atom. The fourth-order valence-corrected chi connectivity index (χ4v) is 5.33. The number of carbonyl (C=O) groups is 2. The molecule has 1 aliphatic heterocycles.